The Hall–Kier alpha value is -1.02. The monoisotopic (exact) mass is 288 g/mol. The number of hydrogen-bond acceptors (Lipinski definition) is 2. The first-order valence-corrected chi connectivity index (χ1v) is 8.65. The van der Waals surface area contributed by atoms with Crippen molar-refractivity contribution in [2.75, 3.05) is 24.5 Å². The number of anilines is 1. The third kappa shape index (κ3) is 4.74. The van der Waals surface area contributed by atoms with E-state index in [4.69, 9.17) is 0 Å². The molecule has 2 rings (SSSR count). The molecule has 0 amide bonds. The van der Waals surface area contributed by atoms with E-state index < -0.39 is 0 Å². The van der Waals surface area contributed by atoms with Crippen molar-refractivity contribution < 1.29 is 0 Å². The quantitative estimate of drug-likeness (QED) is 0.836. The fourth-order valence-electron chi connectivity index (χ4n) is 3.30. The summed E-state index contributed by atoms with van der Waals surface area (Å²) >= 11 is 0. The fraction of sp³-hybridized carbons (Fsp3) is 0.684. The van der Waals surface area contributed by atoms with Crippen molar-refractivity contribution in [2.24, 2.45) is 11.8 Å². The number of aryl methyl sites for hydroxylation is 1. The average Bonchev–Trinajstić information content (AvgIpc) is 2.47. The van der Waals surface area contributed by atoms with Crippen molar-refractivity contribution in [3.63, 3.8) is 0 Å². The molecule has 0 bridgehead atoms. The van der Waals surface area contributed by atoms with Crippen molar-refractivity contribution in [1.82, 2.24) is 5.32 Å². The second-order valence-corrected chi connectivity index (χ2v) is 7.01. The Bertz CT molecular complexity index is 439. The molecule has 1 saturated heterocycles. The molecule has 118 valence electrons. The highest BCUT2D eigenvalue weighted by Crippen LogP contribution is 2.28. The maximum Gasteiger partial charge on any atom is 0.0396 e. The zero-order chi connectivity index (χ0) is 15.2. The van der Waals surface area contributed by atoms with Gasteiger partial charge in [-0.3, -0.25) is 0 Å². The minimum absolute atomic E-state index is 0.713. The van der Waals surface area contributed by atoms with Crippen LogP contribution in [0.1, 0.15) is 51.2 Å². The lowest BCUT2D eigenvalue weighted by Gasteiger charge is -2.35. The van der Waals surface area contributed by atoms with Gasteiger partial charge in [-0.25, -0.2) is 0 Å². The summed E-state index contributed by atoms with van der Waals surface area (Å²) in [6.07, 6.45) is 4.06. The Morgan fingerprint density at radius 3 is 2.81 bits per heavy atom. The molecule has 1 unspecified atom stereocenters. The van der Waals surface area contributed by atoms with Gasteiger partial charge in [0.2, 0.25) is 0 Å². The van der Waals surface area contributed by atoms with Gasteiger partial charge in [0, 0.05) is 25.3 Å². The number of piperidine rings is 1. The SMILES string of the molecule is CCC1CCCN(c2ccc(CNCC(C)C)cc2C)C1. The number of nitrogens with one attached hydrogen (secondary N) is 1. The molecule has 1 aromatic carbocycles. The number of benzene rings is 1. The van der Waals surface area contributed by atoms with Gasteiger partial charge >= 0.3 is 0 Å². The Morgan fingerprint density at radius 1 is 1.33 bits per heavy atom. The lowest BCUT2D eigenvalue weighted by Crippen LogP contribution is -2.35. The molecule has 2 nitrogen and oxygen atoms in total. The van der Waals surface area contributed by atoms with E-state index in [2.05, 4.69) is 56.1 Å². The first-order valence-electron chi connectivity index (χ1n) is 8.65. The van der Waals surface area contributed by atoms with Crippen LogP contribution in [-0.2, 0) is 6.54 Å². The smallest absolute Gasteiger partial charge is 0.0396 e. The Morgan fingerprint density at radius 2 is 2.14 bits per heavy atom. The summed E-state index contributed by atoms with van der Waals surface area (Å²) in [5.41, 5.74) is 4.28. The average molecular weight is 288 g/mol. The van der Waals surface area contributed by atoms with E-state index in [1.54, 1.807) is 0 Å². The van der Waals surface area contributed by atoms with Gasteiger partial charge in [0.25, 0.3) is 0 Å². The van der Waals surface area contributed by atoms with E-state index in [1.165, 1.54) is 49.2 Å². The van der Waals surface area contributed by atoms with Gasteiger partial charge in [-0.2, -0.15) is 0 Å². The number of hydrogen-bond donors (Lipinski definition) is 1. The van der Waals surface area contributed by atoms with Crippen molar-refractivity contribution in [2.45, 2.75) is 53.5 Å². The standard InChI is InChI=1S/C19H32N2/c1-5-17-7-6-10-21(14-17)19-9-8-18(11-16(19)4)13-20-12-15(2)3/h8-9,11,15,17,20H,5-7,10,12-14H2,1-4H3. The maximum atomic E-state index is 3.53. The summed E-state index contributed by atoms with van der Waals surface area (Å²) in [5, 5.41) is 3.53. The van der Waals surface area contributed by atoms with Gasteiger partial charge in [0.05, 0.1) is 0 Å². The van der Waals surface area contributed by atoms with Gasteiger partial charge in [0.15, 0.2) is 0 Å². The van der Waals surface area contributed by atoms with Crippen LogP contribution in [0.2, 0.25) is 0 Å². The highest BCUT2D eigenvalue weighted by molar-refractivity contribution is 5.54. The van der Waals surface area contributed by atoms with Gasteiger partial charge in [-0.05, 0) is 55.3 Å². The second-order valence-electron chi connectivity index (χ2n) is 7.01. The number of nitrogens with zero attached hydrogens (tertiary/aromatic N) is 1. The van der Waals surface area contributed by atoms with Crippen LogP contribution in [-0.4, -0.2) is 19.6 Å². The van der Waals surface area contributed by atoms with Crippen LogP contribution in [0.4, 0.5) is 5.69 Å². The maximum absolute atomic E-state index is 3.53. The van der Waals surface area contributed by atoms with E-state index in [0.29, 0.717) is 5.92 Å². The van der Waals surface area contributed by atoms with Gasteiger partial charge < -0.3 is 10.2 Å². The molecule has 1 aromatic rings. The summed E-state index contributed by atoms with van der Waals surface area (Å²) in [6.45, 7) is 13.6. The minimum atomic E-state index is 0.713. The first-order chi connectivity index (χ1) is 10.1. The van der Waals surface area contributed by atoms with E-state index in [-0.39, 0.29) is 0 Å². The Labute approximate surface area is 130 Å². The second kappa shape index (κ2) is 7.84. The van der Waals surface area contributed by atoms with Gasteiger partial charge in [-0.1, -0.05) is 39.3 Å². The molecular formula is C19H32N2. The molecule has 1 heterocycles. The number of rotatable bonds is 6. The molecule has 1 fully saturated rings. The minimum Gasteiger partial charge on any atom is -0.371 e. The molecule has 0 aliphatic carbocycles. The Kier molecular flexibility index (Phi) is 6.10. The largest absolute Gasteiger partial charge is 0.371 e. The Balaban J connectivity index is 1.98. The van der Waals surface area contributed by atoms with Crippen LogP contribution in [0.3, 0.4) is 0 Å². The molecule has 0 saturated carbocycles. The molecule has 1 atom stereocenters. The molecule has 0 spiro atoms. The summed E-state index contributed by atoms with van der Waals surface area (Å²) in [4.78, 5) is 2.60. The topological polar surface area (TPSA) is 15.3 Å². The first kappa shape index (κ1) is 16.4. The van der Waals surface area contributed by atoms with Crippen molar-refractivity contribution in [3.05, 3.63) is 29.3 Å². The summed E-state index contributed by atoms with van der Waals surface area (Å²) in [5.74, 6) is 1.59. The highest BCUT2D eigenvalue weighted by Gasteiger charge is 2.19. The summed E-state index contributed by atoms with van der Waals surface area (Å²) < 4.78 is 0. The van der Waals surface area contributed by atoms with Crippen LogP contribution in [0.15, 0.2) is 18.2 Å². The van der Waals surface area contributed by atoms with Crippen LogP contribution in [0.25, 0.3) is 0 Å². The predicted molar refractivity (Wildman–Crippen MR) is 93.0 cm³/mol. The van der Waals surface area contributed by atoms with Crippen molar-refractivity contribution in [1.29, 1.82) is 0 Å². The molecule has 2 heteroatoms. The van der Waals surface area contributed by atoms with E-state index >= 15 is 0 Å². The van der Waals surface area contributed by atoms with Crippen LogP contribution >= 0.6 is 0 Å². The molecule has 1 aliphatic rings. The van der Waals surface area contributed by atoms with E-state index in [9.17, 15) is 0 Å². The summed E-state index contributed by atoms with van der Waals surface area (Å²) in [6, 6.07) is 6.99. The van der Waals surface area contributed by atoms with E-state index in [0.717, 1.165) is 19.0 Å². The van der Waals surface area contributed by atoms with E-state index in [1.807, 2.05) is 0 Å². The lowest BCUT2D eigenvalue weighted by molar-refractivity contribution is 0.404. The molecule has 1 N–H and O–H groups in total. The molecule has 1 aliphatic heterocycles. The van der Waals surface area contributed by atoms with Crippen molar-refractivity contribution >= 4 is 5.69 Å². The zero-order valence-corrected chi connectivity index (χ0v) is 14.3. The van der Waals surface area contributed by atoms with Gasteiger partial charge in [-0.15, -0.1) is 0 Å². The van der Waals surface area contributed by atoms with Crippen LogP contribution in [0, 0.1) is 18.8 Å². The fourth-order valence-corrected chi connectivity index (χ4v) is 3.30. The molecule has 21 heavy (non-hydrogen) atoms. The zero-order valence-electron chi connectivity index (χ0n) is 14.3. The molecule has 0 radical (unpaired) electrons. The predicted octanol–water partition coefficient (Wildman–Crippen LogP) is 4.37. The van der Waals surface area contributed by atoms with Gasteiger partial charge in [0.1, 0.15) is 0 Å². The van der Waals surface area contributed by atoms with Crippen molar-refractivity contribution in [3.8, 4) is 0 Å². The third-order valence-electron chi connectivity index (χ3n) is 4.58. The normalized spacial score (nSPS) is 19.3. The van der Waals surface area contributed by atoms with Crippen LogP contribution < -0.4 is 10.2 Å². The highest BCUT2D eigenvalue weighted by atomic mass is 15.1. The molecular weight excluding hydrogens is 256 g/mol. The summed E-state index contributed by atoms with van der Waals surface area (Å²) in [7, 11) is 0. The molecule has 0 aromatic heterocycles. The third-order valence-corrected chi connectivity index (χ3v) is 4.58. The van der Waals surface area contributed by atoms with Crippen LogP contribution in [0.5, 0.6) is 0 Å². The lowest BCUT2D eigenvalue weighted by atomic mass is 9.94.